The number of hydrogen-bond donors (Lipinski definition) is 0. The van der Waals surface area contributed by atoms with E-state index in [4.69, 9.17) is 0 Å². The van der Waals surface area contributed by atoms with Gasteiger partial charge < -0.3 is 0 Å². The first kappa shape index (κ1) is 15.0. The van der Waals surface area contributed by atoms with Gasteiger partial charge in [-0.25, -0.2) is 0 Å². The summed E-state index contributed by atoms with van der Waals surface area (Å²) in [6.07, 6.45) is 11.3. The topological polar surface area (TPSA) is 0 Å². The smallest absolute Gasteiger partial charge is 0.0300 e. The maximum atomic E-state index is 2.38. The van der Waals surface area contributed by atoms with Crippen LogP contribution in [0.25, 0.3) is 0 Å². The predicted octanol–water partition coefficient (Wildman–Crippen LogP) is 5.81. The van der Waals surface area contributed by atoms with Crippen LogP contribution < -0.4 is 0 Å². The van der Waals surface area contributed by atoms with Crippen LogP contribution in [0.15, 0.2) is 0 Å². The van der Waals surface area contributed by atoms with E-state index < -0.39 is 0 Å². The molecule has 0 saturated heterocycles. The minimum absolute atomic E-state index is 0.655. The van der Waals surface area contributed by atoms with Gasteiger partial charge in [-0.3, -0.25) is 0 Å². The Bertz CT molecular complexity index is 131. The molecule has 0 aliphatic heterocycles. The van der Waals surface area contributed by atoms with Gasteiger partial charge in [0.25, 0.3) is 0 Å². The fourth-order valence-corrected chi connectivity index (χ4v) is 2.79. The zero-order valence-corrected chi connectivity index (χ0v) is 11.7. The molecule has 0 aliphatic carbocycles. The Morgan fingerprint density at radius 1 is 0.867 bits per heavy atom. The molecule has 0 radical (unpaired) electrons. The summed E-state index contributed by atoms with van der Waals surface area (Å²) in [5, 5.41) is 0. The van der Waals surface area contributed by atoms with Crippen LogP contribution in [0.2, 0.25) is 0 Å². The van der Waals surface area contributed by atoms with Gasteiger partial charge in [0.15, 0.2) is 0 Å². The van der Waals surface area contributed by atoms with E-state index in [9.17, 15) is 0 Å². The molecule has 0 fully saturated rings. The van der Waals surface area contributed by atoms with E-state index in [2.05, 4.69) is 34.6 Å². The SMILES string of the molecule is CCCCCCC(CC)(CC)CC(C)C. The van der Waals surface area contributed by atoms with Gasteiger partial charge in [-0.15, -0.1) is 0 Å². The Morgan fingerprint density at radius 2 is 1.47 bits per heavy atom. The van der Waals surface area contributed by atoms with Gasteiger partial charge in [-0.05, 0) is 24.2 Å². The molecule has 0 heterocycles. The van der Waals surface area contributed by atoms with E-state index in [1.807, 2.05) is 0 Å². The largest absolute Gasteiger partial charge is 0.0654 e. The first-order valence-corrected chi connectivity index (χ1v) is 7.10. The first-order valence-electron chi connectivity index (χ1n) is 7.10. The van der Waals surface area contributed by atoms with Crippen molar-refractivity contribution in [3.05, 3.63) is 0 Å². The monoisotopic (exact) mass is 212 g/mol. The Balaban J connectivity index is 4.00. The third-order valence-electron chi connectivity index (χ3n) is 3.90. The van der Waals surface area contributed by atoms with Gasteiger partial charge in [0.1, 0.15) is 0 Å². The van der Waals surface area contributed by atoms with Crippen molar-refractivity contribution in [3.8, 4) is 0 Å². The number of unbranched alkanes of at least 4 members (excludes halogenated alkanes) is 3. The van der Waals surface area contributed by atoms with E-state index in [0.29, 0.717) is 5.41 Å². The van der Waals surface area contributed by atoms with Crippen molar-refractivity contribution >= 4 is 0 Å². The molecule has 92 valence electrons. The van der Waals surface area contributed by atoms with Gasteiger partial charge >= 0.3 is 0 Å². The molecule has 0 amide bonds. The average Bonchev–Trinajstić information content (AvgIpc) is 2.22. The van der Waals surface area contributed by atoms with E-state index >= 15 is 0 Å². The predicted molar refractivity (Wildman–Crippen MR) is 71.2 cm³/mol. The second-order valence-corrected chi connectivity index (χ2v) is 5.62. The molecule has 0 heteroatoms. The Morgan fingerprint density at radius 3 is 1.87 bits per heavy atom. The van der Waals surface area contributed by atoms with E-state index in [1.165, 1.54) is 51.4 Å². The van der Waals surface area contributed by atoms with Gasteiger partial charge in [0.2, 0.25) is 0 Å². The maximum absolute atomic E-state index is 2.38. The van der Waals surface area contributed by atoms with Crippen molar-refractivity contribution in [2.75, 3.05) is 0 Å². The second-order valence-electron chi connectivity index (χ2n) is 5.62. The van der Waals surface area contributed by atoms with Crippen molar-refractivity contribution in [3.63, 3.8) is 0 Å². The summed E-state index contributed by atoms with van der Waals surface area (Å²) in [6, 6.07) is 0. The Labute approximate surface area is 97.8 Å². The van der Waals surface area contributed by atoms with Crippen LogP contribution in [0.4, 0.5) is 0 Å². The molecule has 0 bridgehead atoms. The molecular formula is C15H32. The van der Waals surface area contributed by atoms with Crippen molar-refractivity contribution < 1.29 is 0 Å². The quantitative estimate of drug-likeness (QED) is 0.423. The van der Waals surface area contributed by atoms with Crippen LogP contribution >= 0.6 is 0 Å². The van der Waals surface area contributed by atoms with Crippen LogP contribution in [0.3, 0.4) is 0 Å². The lowest BCUT2D eigenvalue weighted by Gasteiger charge is -2.33. The first-order chi connectivity index (χ1) is 7.10. The van der Waals surface area contributed by atoms with Crippen molar-refractivity contribution in [2.24, 2.45) is 11.3 Å². The third kappa shape index (κ3) is 6.22. The van der Waals surface area contributed by atoms with Crippen molar-refractivity contribution in [1.82, 2.24) is 0 Å². The van der Waals surface area contributed by atoms with Gasteiger partial charge in [0, 0.05) is 0 Å². The lowest BCUT2D eigenvalue weighted by molar-refractivity contribution is 0.182. The van der Waals surface area contributed by atoms with Crippen LogP contribution in [-0.4, -0.2) is 0 Å². The maximum Gasteiger partial charge on any atom is -0.0300 e. The fraction of sp³-hybridized carbons (Fsp3) is 1.00. The summed E-state index contributed by atoms with van der Waals surface area (Å²) < 4.78 is 0. The normalized spacial score (nSPS) is 12.4. The van der Waals surface area contributed by atoms with Crippen LogP contribution in [-0.2, 0) is 0 Å². The van der Waals surface area contributed by atoms with E-state index in [1.54, 1.807) is 0 Å². The molecule has 0 aromatic carbocycles. The summed E-state index contributed by atoms with van der Waals surface area (Å²) in [5.74, 6) is 0.857. The zero-order valence-electron chi connectivity index (χ0n) is 11.7. The molecule has 0 spiro atoms. The minimum Gasteiger partial charge on any atom is -0.0654 e. The standard InChI is InChI=1S/C15H32/c1-6-9-10-11-12-15(7-2,8-3)13-14(4)5/h14H,6-13H2,1-5H3. The summed E-state index contributed by atoms with van der Waals surface area (Å²) >= 11 is 0. The lowest BCUT2D eigenvalue weighted by Crippen LogP contribution is -2.21. The van der Waals surface area contributed by atoms with Gasteiger partial charge in [0.05, 0.1) is 0 Å². The molecule has 0 unspecified atom stereocenters. The van der Waals surface area contributed by atoms with Gasteiger partial charge in [-0.2, -0.15) is 0 Å². The molecule has 0 aromatic rings. The summed E-state index contributed by atoms with van der Waals surface area (Å²) in [5.41, 5.74) is 0.655. The average molecular weight is 212 g/mol. The summed E-state index contributed by atoms with van der Waals surface area (Å²) in [6.45, 7) is 11.8. The zero-order chi connectivity index (χ0) is 11.7. The molecule has 0 aliphatic rings. The molecule has 15 heavy (non-hydrogen) atoms. The lowest BCUT2D eigenvalue weighted by atomic mass is 9.72. The highest BCUT2D eigenvalue weighted by atomic mass is 14.3. The third-order valence-corrected chi connectivity index (χ3v) is 3.90. The van der Waals surface area contributed by atoms with Gasteiger partial charge in [-0.1, -0.05) is 73.1 Å². The molecule has 0 N–H and O–H groups in total. The summed E-state index contributed by atoms with van der Waals surface area (Å²) in [7, 11) is 0. The van der Waals surface area contributed by atoms with E-state index in [0.717, 1.165) is 5.92 Å². The highest BCUT2D eigenvalue weighted by Crippen LogP contribution is 2.39. The van der Waals surface area contributed by atoms with Crippen LogP contribution in [0, 0.1) is 11.3 Å². The molecule has 0 atom stereocenters. The Kier molecular flexibility index (Phi) is 8.19. The van der Waals surface area contributed by atoms with Crippen LogP contribution in [0.1, 0.15) is 86.0 Å². The highest BCUT2D eigenvalue weighted by molar-refractivity contribution is 4.77. The highest BCUT2D eigenvalue weighted by Gasteiger charge is 2.26. The van der Waals surface area contributed by atoms with Crippen LogP contribution in [0.5, 0.6) is 0 Å². The second kappa shape index (κ2) is 8.19. The molecule has 0 rings (SSSR count). The number of hydrogen-bond acceptors (Lipinski definition) is 0. The Hall–Kier alpha value is 0. The van der Waals surface area contributed by atoms with E-state index in [-0.39, 0.29) is 0 Å². The molecule has 0 saturated carbocycles. The summed E-state index contributed by atoms with van der Waals surface area (Å²) in [4.78, 5) is 0. The molecule has 0 aromatic heterocycles. The minimum atomic E-state index is 0.655. The number of rotatable bonds is 9. The van der Waals surface area contributed by atoms with Crippen molar-refractivity contribution in [1.29, 1.82) is 0 Å². The van der Waals surface area contributed by atoms with Crippen molar-refractivity contribution in [2.45, 2.75) is 86.0 Å². The molecule has 0 nitrogen and oxygen atoms in total. The molecular weight excluding hydrogens is 180 g/mol. The fourth-order valence-electron chi connectivity index (χ4n) is 2.79.